The van der Waals surface area contributed by atoms with Crippen LogP contribution in [-0.4, -0.2) is 51.7 Å². The van der Waals surface area contributed by atoms with Gasteiger partial charge in [-0.25, -0.2) is 13.9 Å². The van der Waals surface area contributed by atoms with Gasteiger partial charge in [0.2, 0.25) is 0 Å². The van der Waals surface area contributed by atoms with E-state index in [1.807, 2.05) is 58.0 Å². The van der Waals surface area contributed by atoms with Crippen LogP contribution in [0.1, 0.15) is 42.5 Å². The standard InChI is InChI=1S/C30H28FN7O3.C7H8O3S/c1-30(2,3)26-17-27(38(37-26)19-7-9-23-18(14-19)6-5-12-33-23)36-29(40)35-24-10-8-20(15-22(24)31)41-21-11-13-34-25(16-21)28(39)32-4;1-6-2-4-7(5-3-6)11(8,9)10/h5-17H,1-4H3,(H,32,39)(H2,35,36,40);2-5H,1H3,(H,8,9,10). The maximum atomic E-state index is 14.9. The zero-order chi connectivity index (χ0) is 37.6. The molecule has 0 unspecified atom stereocenters. The van der Waals surface area contributed by atoms with E-state index < -0.39 is 22.0 Å². The molecular weight excluding hydrogens is 690 g/mol. The van der Waals surface area contributed by atoms with Crippen molar-refractivity contribution in [2.45, 2.75) is 38.0 Å². The van der Waals surface area contributed by atoms with Crippen LogP contribution in [0, 0.1) is 12.7 Å². The number of aromatic nitrogens is 4. The quantitative estimate of drug-likeness (QED) is 0.123. The highest BCUT2D eigenvalue weighted by molar-refractivity contribution is 7.85. The minimum absolute atomic E-state index is 0.0467. The first kappa shape index (κ1) is 37.1. The fourth-order valence-electron chi connectivity index (χ4n) is 4.73. The lowest BCUT2D eigenvalue weighted by molar-refractivity contribution is 0.0957. The molecule has 268 valence electrons. The van der Waals surface area contributed by atoms with Crippen LogP contribution in [0.25, 0.3) is 16.6 Å². The van der Waals surface area contributed by atoms with Crippen molar-refractivity contribution in [1.82, 2.24) is 25.1 Å². The predicted octanol–water partition coefficient (Wildman–Crippen LogP) is 7.29. The first-order valence-corrected chi connectivity index (χ1v) is 17.3. The zero-order valence-electron chi connectivity index (χ0n) is 28.9. The third-order valence-corrected chi connectivity index (χ3v) is 8.35. The molecule has 3 aromatic carbocycles. The summed E-state index contributed by atoms with van der Waals surface area (Å²) in [5.74, 6) is -0.171. The second-order valence-corrected chi connectivity index (χ2v) is 13.9. The number of fused-ring (bicyclic) bond motifs is 1. The molecule has 0 aliphatic heterocycles. The Kier molecular flexibility index (Phi) is 11.0. The molecule has 13 nitrogen and oxygen atoms in total. The molecule has 0 fully saturated rings. The van der Waals surface area contributed by atoms with Gasteiger partial charge in [0.15, 0.2) is 0 Å². The van der Waals surface area contributed by atoms with E-state index in [-0.39, 0.29) is 33.3 Å². The third kappa shape index (κ3) is 9.32. The zero-order valence-corrected chi connectivity index (χ0v) is 29.7. The van der Waals surface area contributed by atoms with Crippen LogP contribution >= 0.6 is 0 Å². The normalized spacial score (nSPS) is 11.3. The molecule has 3 heterocycles. The molecule has 0 saturated carbocycles. The lowest BCUT2D eigenvalue weighted by Crippen LogP contribution is -2.22. The van der Waals surface area contributed by atoms with E-state index in [4.69, 9.17) is 14.4 Å². The fourth-order valence-corrected chi connectivity index (χ4v) is 5.21. The number of benzene rings is 3. The van der Waals surface area contributed by atoms with Crippen LogP contribution in [0.4, 0.5) is 20.7 Å². The second-order valence-electron chi connectivity index (χ2n) is 12.5. The maximum Gasteiger partial charge on any atom is 0.324 e. The minimum atomic E-state index is -4.02. The molecule has 15 heteroatoms. The Labute approximate surface area is 299 Å². The molecule has 3 amide bonds. The number of amides is 3. The lowest BCUT2D eigenvalue weighted by atomic mass is 9.92. The number of aryl methyl sites for hydroxylation is 1. The largest absolute Gasteiger partial charge is 0.457 e. The summed E-state index contributed by atoms with van der Waals surface area (Å²) in [6, 6.07) is 23.6. The van der Waals surface area contributed by atoms with Crippen molar-refractivity contribution in [1.29, 1.82) is 0 Å². The monoisotopic (exact) mass is 725 g/mol. The van der Waals surface area contributed by atoms with Gasteiger partial charge < -0.3 is 15.4 Å². The number of halogens is 1. The van der Waals surface area contributed by atoms with Gasteiger partial charge in [-0.2, -0.15) is 13.5 Å². The van der Waals surface area contributed by atoms with Crippen molar-refractivity contribution in [3.8, 4) is 17.2 Å². The van der Waals surface area contributed by atoms with E-state index in [1.54, 1.807) is 35.1 Å². The van der Waals surface area contributed by atoms with Crippen LogP contribution in [-0.2, 0) is 15.5 Å². The Morgan fingerprint density at radius 2 is 1.60 bits per heavy atom. The highest BCUT2D eigenvalue weighted by Crippen LogP contribution is 2.29. The topological polar surface area (TPSA) is 177 Å². The highest BCUT2D eigenvalue weighted by Gasteiger charge is 2.22. The summed E-state index contributed by atoms with van der Waals surface area (Å²) < 4.78 is 51.8. The van der Waals surface area contributed by atoms with Crippen LogP contribution in [0.5, 0.6) is 11.5 Å². The molecule has 0 aliphatic rings. The molecule has 0 bridgehead atoms. The number of hydrogen-bond acceptors (Lipinski definition) is 8. The van der Waals surface area contributed by atoms with Gasteiger partial charge in [0.05, 0.1) is 27.5 Å². The number of hydrogen-bond donors (Lipinski definition) is 4. The van der Waals surface area contributed by atoms with Crippen molar-refractivity contribution < 1.29 is 31.7 Å². The SMILES string of the molecule is CNC(=O)c1cc(Oc2ccc(NC(=O)Nc3cc(C(C)(C)C)nn3-c3ccc4ncccc4c3)c(F)c2)ccn1.Cc1ccc(S(=O)(=O)O)cc1. The number of anilines is 2. The number of nitrogens with one attached hydrogen (secondary N) is 3. The molecule has 6 aromatic rings. The van der Waals surface area contributed by atoms with E-state index in [0.29, 0.717) is 11.6 Å². The van der Waals surface area contributed by atoms with Crippen molar-refractivity contribution in [2.75, 3.05) is 17.7 Å². The summed E-state index contributed by atoms with van der Waals surface area (Å²) in [6.07, 6.45) is 3.15. The Bertz CT molecular complexity index is 2360. The molecule has 0 radical (unpaired) electrons. The molecule has 0 atom stereocenters. The molecule has 0 aliphatic carbocycles. The van der Waals surface area contributed by atoms with E-state index in [2.05, 4.69) is 25.9 Å². The number of carbonyl (C=O) groups is 2. The number of ether oxygens (including phenoxy) is 1. The molecule has 52 heavy (non-hydrogen) atoms. The minimum Gasteiger partial charge on any atom is -0.457 e. The molecule has 0 spiro atoms. The first-order chi connectivity index (χ1) is 24.6. The van der Waals surface area contributed by atoms with Gasteiger partial charge in [0, 0.05) is 48.4 Å². The summed E-state index contributed by atoms with van der Waals surface area (Å²) in [5, 5.41) is 13.5. The molecule has 0 saturated heterocycles. The van der Waals surface area contributed by atoms with Gasteiger partial charge in [-0.3, -0.25) is 24.6 Å². The predicted molar refractivity (Wildman–Crippen MR) is 195 cm³/mol. The average molecular weight is 726 g/mol. The summed E-state index contributed by atoms with van der Waals surface area (Å²) in [5.41, 5.74) is 3.13. The molecule has 3 aromatic heterocycles. The number of carbonyl (C=O) groups excluding carboxylic acids is 2. The number of pyridine rings is 2. The van der Waals surface area contributed by atoms with Crippen molar-refractivity contribution >= 4 is 44.5 Å². The maximum absolute atomic E-state index is 14.9. The Balaban J connectivity index is 0.000000407. The third-order valence-electron chi connectivity index (χ3n) is 7.48. The van der Waals surface area contributed by atoms with Gasteiger partial charge in [-0.05, 0) is 61.5 Å². The fraction of sp³-hybridized carbons (Fsp3) is 0.162. The van der Waals surface area contributed by atoms with Crippen LogP contribution in [0.15, 0.2) is 108 Å². The van der Waals surface area contributed by atoms with Gasteiger partial charge in [-0.15, -0.1) is 0 Å². The van der Waals surface area contributed by atoms with Crippen LogP contribution in [0.2, 0.25) is 0 Å². The van der Waals surface area contributed by atoms with Gasteiger partial charge >= 0.3 is 6.03 Å². The average Bonchev–Trinajstić information content (AvgIpc) is 3.53. The van der Waals surface area contributed by atoms with Crippen molar-refractivity contribution in [3.63, 3.8) is 0 Å². The van der Waals surface area contributed by atoms with Gasteiger partial charge in [0.1, 0.15) is 28.8 Å². The van der Waals surface area contributed by atoms with E-state index >= 15 is 0 Å². The van der Waals surface area contributed by atoms with Gasteiger partial charge in [0.25, 0.3) is 16.0 Å². The molecular formula is C37H36FN7O6S. The molecule has 6 rings (SSSR count). The van der Waals surface area contributed by atoms with E-state index in [0.717, 1.165) is 33.9 Å². The summed E-state index contributed by atoms with van der Waals surface area (Å²) in [7, 11) is -2.53. The van der Waals surface area contributed by atoms with Crippen molar-refractivity contribution in [2.24, 2.45) is 0 Å². The molecule has 4 N–H and O–H groups in total. The lowest BCUT2D eigenvalue weighted by Gasteiger charge is -2.14. The number of urea groups is 1. The number of rotatable bonds is 7. The van der Waals surface area contributed by atoms with E-state index in [1.165, 1.54) is 43.6 Å². The summed E-state index contributed by atoms with van der Waals surface area (Å²) >= 11 is 0. The smallest absolute Gasteiger partial charge is 0.324 e. The Morgan fingerprint density at radius 1 is 0.865 bits per heavy atom. The highest BCUT2D eigenvalue weighted by atomic mass is 32.2. The van der Waals surface area contributed by atoms with Crippen LogP contribution in [0.3, 0.4) is 0 Å². The van der Waals surface area contributed by atoms with Gasteiger partial charge in [-0.1, -0.05) is 44.5 Å². The summed E-state index contributed by atoms with van der Waals surface area (Å²) in [6.45, 7) is 7.92. The van der Waals surface area contributed by atoms with Crippen LogP contribution < -0.4 is 20.7 Å². The Morgan fingerprint density at radius 3 is 2.27 bits per heavy atom. The van der Waals surface area contributed by atoms with Crippen molar-refractivity contribution in [3.05, 3.63) is 126 Å². The van der Waals surface area contributed by atoms with E-state index in [9.17, 15) is 22.4 Å². The number of nitrogens with zero attached hydrogens (tertiary/aromatic N) is 4. The summed E-state index contributed by atoms with van der Waals surface area (Å²) in [4.78, 5) is 33.1. The first-order valence-electron chi connectivity index (χ1n) is 15.8. The Hall–Kier alpha value is -6.19. The second kappa shape index (κ2) is 15.4.